The molecule has 0 aliphatic rings. The molecule has 2 aromatic rings. The molecule has 4 nitrogen and oxygen atoms in total. The van der Waals surface area contributed by atoms with Gasteiger partial charge in [-0.1, -0.05) is 26.0 Å². The van der Waals surface area contributed by atoms with E-state index in [1.54, 1.807) is 18.4 Å². The van der Waals surface area contributed by atoms with E-state index < -0.39 is 6.10 Å². The lowest BCUT2D eigenvalue weighted by Crippen LogP contribution is -2.21. The summed E-state index contributed by atoms with van der Waals surface area (Å²) < 4.78 is 5.11. The van der Waals surface area contributed by atoms with Crippen molar-refractivity contribution >= 4 is 11.3 Å². The highest BCUT2D eigenvalue weighted by atomic mass is 32.1. The molecule has 0 radical (unpaired) electrons. The monoisotopic (exact) mass is 306 g/mol. The van der Waals surface area contributed by atoms with Crippen LogP contribution in [0.25, 0.3) is 0 Å². The van der Waals surface area contributed by atoms with Crippen LogP contribution in [0.2, 0.25) is 0 Å². The van der Waals surface area contributed by atoms with Crippen LogP contribution in [0.15, 0.2) is 29.6 Å². The molecule has 0 amide bonds. The number of rotatable bonds is 7. The van der Waals surface area contributed by atoms with E-state index in [0.29, 0.717) is 19.0 Å². The molecule has 0 saturated carbocycles. The Labute approximate surface area is 129 Å². The molecule has 1 atom stereocenters. The minimum absolute atomic E-state index is 0.466. The van der Waals surface area contributed by atoms with Crippen LogP contribution in [-0.4, -0.2) is 23.7 Å². The number of hydrogen-bond acceptors (Lipinski definition) is 5. The Kier molecular flexibility index (Phi) is 5.73. The van der Waals surface area contributed by atoms with Crippen molar-refractivity contribution in [2.45, 2.75) is 32.4 Å². The third kappa shape index (κ3) is 4.52. The average Bonchev–Trinajstić information content (AvgIpc) is 2.96. The molecule has 0 fully saturated rings. The van der Waals surface area contributed by atoms with Gasteiger partial charge >= 0.3 is 0 Å². The van der Waals surface area contributed by atoms with E-state index >= 15 is 0 Å². The molecule has 0 aliphatic heterocycles. The Morgan fingerprint density at radius 3 is 2.57 bits per heavy atom. The van der Waals surface area contributed by atoms with Gasteiger partial charge in [-0.3, -0.25) is 0 Å². The molecule has 21 heavy (non-hydrogen) atoms. The molecule has 0 saturated heterocycles. The number of methoxy groups -OCH3 is 1. The van der Waals surface area contributed by atoms with E-state index in [2.05, 4.69) is 29.5 Å². The van der Waals surface area contributed by atoms with Crippen LogP contribution in [0.4, 0.5) is 0 Å². The first kappa shape index (κ1) is 15.9. The van der Waals surface area contributed by atoms with E-state index in [0.717, 1.165) is 22.0 Å². The molecule has 0 spiro atoms. The van der Waals surface area contributed by atoms with Crippen molar-refractivity contribution in [1.29, 1.82) is 0 Å². The van der Waals surface area contributed by atoms with Gasteiger partial charge in [-0.05, 0) is 17.7 Å². The summed E-state index contributed by atoms with van der Waals surface area (Å²) in [5.74, 6) is 1.26. The number of benzene rings is 1. The number of ether oxygens (including phenoxy) is 1. The Hall–Kier alpha value is -1.43. The lowest BCUT2D eigenvalue weighted by Gasteiger charge is -2.12. The van der Waals surface area contributed by atoms with E-state index in [9.17, 15) is 5.11 Å². The molecule has 2 N–H and O–H groups in total. The molecule has 0 bridgehead atoms. The first-order valence-electron chi connectivity index (χ1n) is 7.07. The van der Waals surface area contributed by atoms with Crippen molar-refractivity contribution in [1.82, 2.24) is 10.3 Å². The summed E-state index contributed by atoms with van der Waals surface area (Å²) >= 11 is 1.69. The van der Waals surface area contributed by atoms with Crippen LogP contribution in [-0.2, 0) is 6.54 Å². The van der Waals surface area contributed by atoms with Crippen molar-refractivity contribution < 1.29 is 9.84 Å². The zero-order valence-corrected chi connectivity index (χ0v) is 13.5. The molecule has 0 aliphatic carbocycles. The van der Waals surface area contributed by atoms with Crippen LogP contribution in [0.3, 0.4) is 0 Å². The number of hydrogen-bond donors (Lipinski definition) is 2. The minimum atomic E-state index is -0.529. The second-order valence-electron chi connectivity index (χ2n) is 5.25. The maximum atomic E-state index is 10.1. The summed E-state index contributed by atoms with van der Waals surface area (Å²) in [5.41, 5.74) is 1.91. The van der Waals surface area contributed by atoms with Gasteiger partial charge in [-0.15, -0.1) is 11.3 Å². The van der Waals surface area contributed by atoms with Crippen molar-refractivity contribution in [2.75, 3.05) is 13.7 Å². The predicted molar refractivity (Wildman–Crippen MR) is 85.9 cm³/mol. The Morgan fingerprint density at radius 1 is 1.29 bits per heavy atom. The number of thiazole rings is 1. The van der Waals surface area contributed by atoms with Crippen LogP contribution in [0, 0.1) is 0 Å². The highest BCUT2D eigenvalue weighted by molar-refractivity contribution is 7.09. The number of aliphatic hydroxyl groups excluding tert-OH is 1. The number of nitrogens with zero attached hydrogens (tertiary/aromatic N) is 1. The molecular weight excluding hydrogens is 284 g/mol. The fourth-order valence-electron chi connectivity index (χ4n) is 1.95. The third-order valence-corrected chi connectivity index (χ3v) is 4.40. The molecule has 1 heterocycles. The van der Waals surface area contributed by atoms with Gasteiger partial charge in [0.15, 0.2) is 0 Å². The Morgan fingerprint density at radius 2 is 2.00 bits per heavy atom. The van der Waals surface area contributed by atoms with Gasteiger partial charge in [0.2, 0.25) is 0 Å². The quantitative estimate of drug-likeness (QED) is 0.825. The van der Waals surface area contributed by atoms with Gasteiger partial charge in [0.1, 0.15) is 5.75 Å². The molecular formula is C16H22N2O2S. The first-order chi connectivity index (χ1) is 10.1. The van der Waals surface area contributed by atoms with E-state index in [4.69, 9.17) is 4.74 Å². The van der Waals surface area contributed by atoms with Crippen molar-refractivity contribution in [2.24, 2.45) is 0 Å². The Balaban J connectivity index is 1.81. The van der Waals surface area contributed by atoms with Gasteiger partial charge in [-0.25, -0.2) is 4.98 Å². The van der Waals surface area contributed by atoms with E-state index in [-0.39, 0.29) is 0 Å². The molecule has 2 rings (SSSR count). The van der Waals surface area contributed by atoms with Crippen LogP contribution in [0.1, 0.15) is 42.1 Å². The van der Waals surface area contributed by atoms with Crippen LogP contribution >= 0.6 is 11.3 Å². The zero-order valence-electron chi connectivity index (χ0n) is 12.7. The van der Waals surface area contributed by atoms with Gasteiger partial charge in [0, 0.05) is 24.4 Å². The van der Waals surface area contributed by atoms with Crippen molar-refractivity contribution in [3.05, 3.63) is 45.9 Å². The SMILES string of the molecule is COc1ccc(C(O)CNCc2csc(C(C)C)n2)cc1. The fourth-order valence-corrected chi connectivity index (χ4v) is 2.78. The van der Waals surface area contributed by atoms with E-state index in [1.165, 1.54) is 0 Å². The Bertz CT molecular complexity index is 552. The second-order valence-corrected chi connectivity index (χ2v) is 6.14. The lowest BCUT2D eigenvalue weighted by molar-refractivity contribution is 0.174. The number of aliphatic hydroxyl groups is 1. The lowest BCUT2D eigenvalue weighted by atomic mass is 10.1. The zero-order chi connectivity index (χ0) is 15.2. The fraction of sp³-hybridized carbons (Fsp3) is 0.438. The second kappa shape index (κ2) is 7.54. The summed E-state index contributed by atoms with van der Waals surface area (Å²) in [6.07, 6.45) is -0.529. The molecule has 114 valence electrons. The van der Waals surface area contributed by atoms with Crippen LogP contribution in [0.5, 0.6) is 5.75 Å². The molecule has 1 unspecified atom stereocenters. The average molecular weight is 306 g/mol. The van der Waals surface area contributed by atoms with Gasteiger partial charge < -0.3 is 15.2 Å². The highest BCUT2D eigenvalue weighted by Gasteiger charge is 2.09. The summed E-state index contributed by atoms with van der Waals surface area (Å²) in [6.45, 7) is 5.46. The number of nitrogens with one attached hydrogen (secondary N) is 1. The smallest absolute Gasteiger partial charge is 0.118 e. The molecule has 1 aromatic carbocycles. The molecule has 1 aromatic heterocycles. The highest BCUT2D eigenvalue weighted by Crippen LogP contribution is 2.19. The first-order valence-corrected chi connectivity index (χ1v) is 7.95. The largest absolute Gasteiger partial charge is 0.497 e. The van der Waals surface area contributed by atoms with Crippen molar-refractivity contribution in [3.8, 4) is 5.75 Å². The third-order valence-electron chi connectivity index (χ3n) is 3.21. The minimum Gasteiger partial charge on any atom is -0.497 e. The summed E-state index contributed by atoms with van der Waals surface area (Å²) in [5, 5.41) is 16.6. The summed E-state index contributed by atoms with van der Waals surface area (Å²) in [6, 6.07) is 7.47. The van der Waals surface area contributed by atoms with Crippen molar-refractivity contribution in [3.63, 3.8) is 0 Å². The number of aromatic nitrogens is 1. The van der Waals surface area contributed by atoms with Gasteiger partial charge in [-0.2, -0.15) is 0 Å². The standard InChI is InChI=1S/C16H22N2O2S/c1-11(2)16-18-13(10-21-16)8-17-9-15(19)12-4-6-14(20-3)7-5-12/h4-7,10-11,15,17,19H,8-9H2,1-3H3. The predicted octanol–water partition coefficient (Wildman–Crippen LogP) is 3.10. The van der Waals surface area contributed by atoms with Gasteiger partial charge in [0.05, 0.1) is 23.9 Å². The summed E-state index contributed by atoms with van der Waals surface area (Å²) in [7, 11) is 1.63. The van der Waals surface area contributed by atoms with Gasteiger partial charge in [0.25, 0.3) is 0 Å². The normalized spacial score (nSPS) is 12.6. The van der Waals surface area contributed by atoms with E-state index in [1.807, 2.05) is 24.3 Å². The maximum absolute atomic E-state index is 10.1. The summed E-state index contributed by atoms with van der Waals surface area (Å²) in [4.78, 5) is 4.56. The van der Waals surface area contributed by atoms with Crippen LogP contribution < -0.4 is 10.1 Å². The molecule has 5 heteroatoms. The maximum Gasteiger partial charge on any atom is 0.118 e. The topological polar surface area (TPSA) is 54.4 Å².